The van der Waals surface area contributed by atoms with Crippen molar-refractivity contribution in [1.29, 1.82) is 0 Å². The highest BCUT2D eigenvalue weighted by Gasteiger charge is 2.25. The molecule has 0 heterocycles. The first-order valence-electron chi connectivity index (χ1n) is 7.06. The Morgan fingerprint density at radius 3 is 2.50 bits per heavy atom. The maximum atomic E-state index is 11.7. The minimum absolute atomic E-state index is 0.117. The molecule has 0 aromatic heterocycles. The summed E-state index contributed by atoms with van der Waals surface area (Å²) in [4.78, 5) is 11.7. The Bertz CT molecular complexity index is 445. The van der Waals surface area contributed by atoms with Crippen molar-refractivity contribution in [2.45, 2.75) is 33.6 Å². The van der Waals surface area contributed by atoms with Crippen LogP contribution in [0.3, 0.4) is 0 Å². The van der Waals surface area contributed by atoms with Crippen molar-refractivity contribution >= 4 is 11.7 Å². The normalized spacial score (nSPS) is 11.2. The number of anilines is 1. The molecule has 1 aromatic carbocycles. The molecule has 20 heavy (non-hydrogen) atoms. The molecule has 0 unspecified atom stereocenters. The number of esters is 1. The Balaban J connectivity index is 2.91. The van der Waals surface area contributed by atoms with Gasteiger partial charge in [-0.2, -0.15) is 0 Å². The summed E-state index contributed by atoms with van der Waals surface area (Å²) in [6, 6.07) is 5.53. The zero-order valence-electron chi connectivity index (χ0n) is 12.8. The second-order valence-electron chi connectivity index (χ2n) is 5.19. The molecule has 0 fully saturated rings. The van der Waals surface area contributed by atoms with Crippen molar-refractivity contribution in [1.82, 2.24) is 0 Å². The summed E-state index contributed by atoms with van der Waals surface area (Å²) in [5.41, 5.74) is 2.24. The molecular formula is C16H25NO3. The molecule has 0 amide bonds. The van der Waals surface area contributed by atoms with Crippen LogP contribution in [0, 0.1) is 12.3 Å². The highest BCUT2D eigenvalue weighted by atomic mass is 16.5. The third kappa shape index (κ3) is 3.51. The number of ether oxygens (including phenoxy) is 1. The van der Waals surface area contributed by atoms with Crippen molar-refractivity contribution in [2.75, 3.05) is 25.6 Å². The lowest BCUT2D eigenvalue weighted by Gasteiger charge is -2.30. The molecule has 0 radical (unpaired) electrons. The lowest BCUT2D eigenvalue weighted by molar-refractivity contribution is 0.0600. The van der Waals surface area contributed by atoms with Gasteiger partial charge in [-0.1, -0.05) is 19.9 Å². The number of methoxy groups -OCH3 is 1. The molecule has 1 aromatic rings. The van der Waals surface area contributed by atoms with E-state index in [1.54, 1.807) is 6.07 Å². The van der Waals surface area contributed by atoms with Gasteiger partial charge in [0.05, 0.1) is 19.3 Å². The molecule has 0 atom stereocenters. The van der Waals surface area contributed by atoms with Gasteiger partial charge in [-0.3, -0.25) is 0 Å². The quantitative estimate of drug-likeness (QED) is 0.753. The summed E-state index contributed by atoms with van der Waals surface area (Å²) in [7, 11) is 1.38. The molecule has 0 saturated carbocycles. The number of benzene rings is 1. The molecule has 1 rings (SSSR count). The van der Waals surface area contributed by atoms with Crippen LogP contribution in [0.2, 0.25) is 0 Å². The molecule has 112 valence electrons. The summed E-state index contributed by atoms with van der Waals surface area (Å²) in [6.45, 7) is 6.90. The van der Waals surface area contributed by atoms with Gasteiger partial charge in [-0.15, -0.1) is 0 Å². The van der Waals surface area contributed by atoms with E-state index in [1.807, 2.05) is 19.1 Å². The maximum Gasteiger partial charge on any atom is 0.338 e. The van der Waals surface area contributed by atoms with Gasteiger partial charge in [0.15, 0.2) is 0 Å². The number of hydrogen-bond donors (Lipinski definition) is 2. The maximum absolute atomic E-state index is 11.7. The van der Waals surface area contributed by atoms with E-state index in [-0.39, 0.29) is 18.0 Å². The summed E-state index contributed by atoms with van der Waals surface area (Å²) in [5, 5.41) is 12.9. The van der Waals surface area contributed by atoms with Crippen LogP contribution >= 0.6 is 0 Å². The molecule has 2 N–H and O–H groups in total. The molecule has 4 heteroatoms. The van der Waals surface area contributed by atoms with Crippen LogP contribution in [0.25, 0.3) is 0 Å². The van der Waals surface area contributed by atoms with Gasteiger partial charge in [-0.05, 0) is 37.5 Å². The summed E-state index contributed by atoms with van der Waals surface area (Å²) in [5.74, 6) is -0.328. The van der Waals surface area contributed by atoms with E-state index < -0.39 is 0 Å². The lowest BCUT2D eigenvalue weighted by Crippen LogP contribution is -2.32. The Morgan fingerprint density at radius 2 is 2.00 bits per heavy atom. The third-order valence-electron chi connectivity index (χ3n) is 4.23. The molecule has 0 saturated heterocycles. The minimum atomic E-state index is -0.328. The van der Waals surface area contributed by atoms with Gasteiger partial charge in [-0.25, -0.2) is 4.79 Å². The fourth-order valence-corrected chi connectivity index (χ4v) is 2.22. The van der Waals surface area contributed by atoms with Crippen LogP contribution in [-0.2, 0) is 4.74 Å². The van der Waals surface area contributed by atoms with Gasteiger partial charge >= 0.3 is 5.97 Å². The second kappa shape index (κ2) is 7.29. The number of carbonyl (C=O) groups is 1. The zero-order valence-corrected chi connectivity index (χ0v) is 12.8. The average molecular weight is 279 g/mol. The van der Waals surface area contributed by atoms with Crippen molar-refractivity contribution < 1.29 is 14.6 Å². The lowest BCUT2D eigenvalue weighted by atomic mass is 9.83. The zero-order chi connectivity index (χ0) is 15.2. The number of carbonyl (C=O) groups excluding carboxylic acids is 1. The Labute approximate surface area is 121 Å². The van der Waals surface area contributed by atoms with Crippen LogP contribution < -0.4 is 5.32 Å². The standard InChI is InChI=1S/C16H25NO3/c1-5-16(6-2,11-18)10-17-14-9-7-8-13(12(14)3)15(19)20-4/h7-9,17-18H,5-6,10-11H2,1-4H3. The molecule has 0 aliphatic carbocycles. The largest absolute Gasteiger partial charge is 0.465 e. The Kier molecular flexibility index (Phi) is 6.02. The van der Waals surface area contributed by atoms with Crippen LogP contribution in [0.15, 0.2) is 18.2 Å². The van der Waals surface area contributed by atoms with Crippen molar-refractivity contribution in [3.8, 4) is 0 Å². The Hall–Kier alpha value is -1.55. The molecular weight excluding hydrogens is 254 g/mol. The third-order valence-corrected chi connectivity index (χ3v) is 4.23. The van der Waals surface area contributed by atoms with Crippen LogP contribution in [-0.4, -0.2) is 31.3 Å². The van der Waals surface area contributed by atoms with E-state index in [9.17, 15) is 9.90 Å². The first-order chi connectivity index (χ1) is 9.53. The summed E-state index contributed by atoms with van der Waals surface area (Å²) in [6.07, 6.45) is 1.81. The molecule has 0 bridgehead atoms. The van der Waals surface area contributed by atoms with Gasteiger partial charge < -0.3 is 15.2 Å². The predicted molar refractivity (Wildman–Crippen MR) is 81.1 cm³/mol. The SMILES string of the molecule is CCC(CC)(CO)CNc1cccc(C(=O)OC)c1C. The predicted octanol–water partition coefficient (Wildman–Crippen LogP) is 2.99. The van der Waals surface area contributed by atoms with E-state index in [4.69, 9.17) is 4.74 Å². The van der Waals surface area contributed by atoms with E-state index in [0.29, 0.717) is 12.1 Å². The van der Waals surface area contributed by atoms with Gasteiger partial charge in [0.1, 0.15) is 0 Å². The highest BCUT2D eigenvalue weighted by Crippen LogP contribution is 2.27. The van der Waals surface area contributed by atoms with Crippen molar-refractivity contribution in [3.63, 3.8) is 0 Å². The monoisotopic (exact) mass is 279 g/mol. The molecule has 4 nitrogen and oxygen atoms in total. The van der Waals surface area contributed by atoms with Gasteiger partial charge in [0, 0.05) is 17.6 Å². The number of aliphatic hydroxyl groups is 1. The van der Waals surface area contributed by atoms with Gasteiger partial charge in [0.25, 0.3) is 0 Å². The number of hydrogen-bond acceptors (Lipinski definition) is 4. The van der Waals surface area contributed by atoms with Crippen LogP contribution in [0.1, 0.15) is 42.6 Å². The fourth-order valence-electron chi connectivity index (χ4n) is 2.22. The first-order valence-corrected chi connectivity index (χ1v) is 7.06. The fraction of sp³-hybridized carbons (Fsp3) is 0.562. The number of nitrogens with one attached hydrogen (secondary N) is 1. The molecule has 0 aliphatic heterocycles. The minimum Gasteiger partial charge on any atom is -0.465 e. The summed E-state index contributed by atoms with van der Waals surface area (Å²) < 4.78 is 4.77. The first kappa shape index (κ1) is 16.5. The number of rotatable bonds is 7. The van der Waals surface area contributed by atoms with Crippen LogP contribution in [0.5, 0.6) is 0 Å². The van der Waals surface area contributed by atoms with E-state index in [2.05, 4.69) is 19.2 Å². The van der Waals surface area contributed by atoms with E-state index in [0.717, 1.165) is 24.1 Å². The average Bonchev–Trinajstić information content (AvgIpc) is 2.49. The second-order valence-corrected chi connectivity index (χ2v) is 5.19. The number of aliphatic hydroxyl groups excluding tert-OH is 1. The summed E-state index contributed by atoms with van der Waals surface area (Å²) >= 11 is 0. The van der Waals surface area contributed by atoms with E-state index in [1.165, 1.54) is 7.11 Å². The van der Waals surface area contributed by atoms with Crippen molar-refractivity contribution in [3.05, 3.63) is 29.3 Å². The smallest absolute Gasteiger partial charge is 0.338 e. The highest BCUT2D eigenvalue weighted by molar-refractivity contribution is 5.92. The molecule has 0 aliphatic rings. The van der Waals surface area contributed by atoms with Crippen LogP contribution in [0.4, 0.5) is 5.69 Å². The van der Waals surface area contributed by atoms with Crippen molar-refractivity contribution in [2.24, 2.45) is 5.41 Å². The van der Waals surface area contributed by atoms with E-state index >= 15 is 0 Å². The topological polar surface area (TPSA) is 58.6 Å². The molecule has 0 spiro atoms. The Morgan fingerprint density at radius 1 is 1.35 bits per heavy atom. The van der Waals surface area contributed by atoms with Gasteiger partial charge in [0.2, 0.25) is 0 Å².